The van der Waals surface area contributed by atoms with E-state index in [0.717, 1.165) is 29.0 Å². The van der Waals surface area contributed by atoms with E-state index in [1.807, 2.05) is 35.4 Å². The summed E-state index contributed by atoms with van der Waals surface area (Å²) in [5.74, 6) is -1.08. The van der Waals surface area contributed by atoms with E-state index in [9.17, 15) is 14.3 Å². The van der Waals surface area contributed by atoms with Crippen molar-refractivity contribution in [1.29, 1.82) is 0 Å². The molecule has 24 heavy (non-hydrogen) atoms. The Morgan fingerprint density at radius 2 is 1.75 bits per heavy atom. The molecule has 0 radical (unpaired) electrons. The van der Waals surface area contributed by atoms with Crippen LogP contribution in [0, 0.1) is 5.82 Å². The molecular formula is C19H20FNO2S. The molecule has 1 N–H and O–H groups in total. The predicted molar refractivity (Wildman–Crippen MR) is 93.8 cm³/mol. The Labute approximate surface area is 145 Å². The predicted octanol–water partition coefficient (Wildman–Crippen LogP) is 4.19. The highest BCUT2D eigenvalue weighted by atomic mass is 32.2. The molecule has 0 amide bonds. The minimum Gasteiger partial charge on any atom is -0.480 e. The first-order chi connectivity index (χ1) is 11.6. The molecule has 3 rings (SSSR count). The van der Waals surface area contributed by atoms with Gasteiger partial charge in [-0.25, -0.2) is 4.39 Å². The molecule has 0 spiro atoms. The summed E-state index contributed by atoms with van der Waals surface area (Å²) in [6, 6.07) is 13.9. The van der Waals surface area contributed by atoms with E-state index in [-0.39, 0.29) is 11.9 Å². The first kappa shape index (κ1) is 17.0. The number of likely N-dealkylation sites (tertiary alicyclic amines) is 1. The Morgan fingerprint density at radius 3 is 2.29 bits per heavy atom. The molecule has 1 aliphatic heterocycles. The number of hydrogen-bond donors (Lipinski definition) is 1. The van der Waals surface area contributed by atoms with Crippen molar-refractivity contribution in [2.45, 2.75) is 29.8 Å². The highest BCUT2D eigenvalue weighted by Gasteiger charge is 2.36. The average molecular weight is 345 g/mol. The number of carbonyl (C=O) groups is 1. The number of aliphatic carboxylic acids is 1. The Kier molecular flexibility index (Phi) is 5.21. The van der Waals surface area contributed by atoms with E-state index in [1.165, 1.54) is 12.1 Å². The van der Waals surface area contributed by atoms with Crippen molar-refractivity contribution >= 4 is 17.7 Å². The number of carboxylic acid groups (broad SMARTS) is 1. The minimum atomic E-state index is -0.791. The van der Waals surface area contributed by atoms with Gasteiger partial charge in [-0.1, -0.05) is 24.3 Å². The molecule has 1 aliphatic rings. The fourth-order valence-corrected chi connectivity index (χ4v) is 3.78. The van der Waals surface area contributed by atoms with Crippen LogP contribution in [0.25, 0.3) is 0 Å². The Hall–Kier alpha value is -1.85. The molecular weight excluding hydrogens is 325 g/mol. The number of carboxylic acids is 1. The molecule has 2 unspecified atom stereocenters. The topological polar surface area (TPSA) is 40.5 Å². The SMILES string of the molecule is CSc1ccc(C(c2ccc(F)cc2)N2CCCC2C(=O)O)cc1. The standard InChI is InChI=1S/C19H20FNO2S/c1-24-16-10-6-14(7-11-16)18(13-4-8-15(20)9-5-13)21-12-2-3-17(21)19(22)23/h4-11,17-18H,2-3,12H2,1H3,(H,22,23). The summed E-state index contributed by atoms with van der Waals surface area (Å²) < 4.78 is 13.3. The molecule has 5 heteroatoms. The smallest absolute Gasteiger partial charge is 0.320 e. The average Bonchev–Trinajstić information content (AvgIpc) is 3.07. The Bertz CT molecular complexity index is 702. The lowest BCUT2D eigenvalue weighted by Crippen LogP contribution is -2.39. The molecule has 2 aromatic rings. The lowest BCUT2D eigenvalue weighted by molar-refractivity contribution is -0.142. The number of thioether (sulfide) groups is 1. The summed E-state index contributed by atoms with van der Waals surface area (Å²) >= 11 is 1.67. The van der Waals surface area contributed by atoms with Crippen LogP contribution >= 0.6 is 11.8 Å². The van der Waals surface area contributed by atoms with Crippen molar-refractivity contribution in [1.82, 2.24) is 4.90 Å². The second kappa shape index (κ2) is 7.36. The zero-order valence-corrected chi connectivity index (χ0v) is 14.3. The summed E-state index contributed by atoms with van der Waals surface area (Å²) in [5, 5.41) is 9.55. The third kappa shape index (κ3) is 3.47. The maximum absolute atomic E-state index is 13.3. The van der Waals surface area contributed by atoms with E-state index < -0.39 is 12.0 Å². The number of benzene rings is 2. The monoisotopic (exact) mass is 345 g/mol. The van der Waals surface area contributed by atoms with E-state index in [4.69, 9.17) is 0 Å². The normalized spacial score (nSPS) is 19.3. The quantitative estimate of drug-likeness (QED) is 0.825. The molecule has 1 saturated heterocycles. The van der Waals surface area contributed by atoms with Crippen LogP contribution in [0.3, 0.4) is 0 Å². The largest absolute Gasteiger partial charge is 0.480 e. The lowest BCUT2D eigenvalue weighted by Gasteiger charge is -2.32. The highest BCUT2D eigenvalue weighted by Crippen LogP contribution is 2.35. The first-order valence-corrected chi connectivity index (χ1v) is 9.20. The van der Waals surface area contributed by atoms with Gasteiger partial charge in [0.25, 0.3) is 0 Å². The second-order valence-corrected chi connectivity index (χ2v) is 6.84. The minimum absolute atomic E-state index is 0.176. The van der Waals surface area contributed by atoms with Gasteiger partial charge in [-0.3, -0.25) is 9.69 Å². The van der Waals surface area contributed by atoms with Gasteiger partial charge in [0.15, 0.2) is 0 Å². The zero-order valence-electron chi connectivity index (χ0n) is 13.5. The fraction of sp³-hybridized carbons (Fsp3) is 0.316. The molecule has 0 aromatic heterocycles. The molecule has 2 aromatic carbocycles. The number of hydrogen-bond acceptors (Lipinski definition) is 3. The van der Waals surface area contributed by atoms with Crippen molar-refractivity contribution in [3.63, 3.8) is 0 Å². The molecule has 1 heterocycles. The fourth-order valence-electron chi connectivity index (χ4n) is 3.37. The van der Waals surface area contributed by atoms with E-state index in [2.05, 4.69) is 0 Å². The van der Waals surface area contributed by atoms with Gasteiger partial charge in [0.05, 0.1) is 6.04 Å². The molecule has 2 atom stereocenters. The van der Waals surface area contributed by atoms with E-state index >= 15 is 0 Å². The zero-order chi connectivity index (χ0) is 17.1. The van der Waals surface area contributed by atoms with Gasteiger partial charge in [-0.2, -0.15) is 0 Å². The van der Waals surface area contributed by atoms with Gasteiger partial charge < -0.3 is 5.11 Å². The van der Waals surface area contributed by atoms with Crippen LogP contribution in [0.2, 0.25) is 0 Å². The molecule has 0 bridgehead atoms. The van der Waals surface area contributed by atoms with Crippen LogP contribution in [0.15, 0.2) is 53.4 Å². The van der Waals surface area contributed by atoms with Crippen molar-refractivity contribution in [3.05, 3.63) is 65.5 Å². The van der Waals surface area contributed by atoms with Gasteiger partial charge in [0, 0.05) is 11.4 Å². The summed E-state index contributed by atoms with van der Waals surface area (Å²) in [5.41, 5.74) is 1.95. The molecule has 1 fully saturated rings. The van der Waals surface area contributed by atoms with Crippen LogP contribution in [-0.2, 0) is 4.79 Å². The van der Waals surface area contributed by atoms with Gasteiger partial charge in [-0.05, 0) is 54.5 Å². The van der Waals surface area contributed by atoms with Crippen LogP contribution < -0.4 is 0 Å². The number of nitrogens with zero attached hydrogens (tertiary/aromatic N) is 1. The Morgan fingerprint density at radius 1 is 1.17 bits per heavy atom. The second-order valence-electron chi connectivity index (χ2n) is 5.96. The maximum Gasteiger partial charge on any atom is 0.320 e. The van der Waals surface area contributed by atoms with Crippen molar-refractivity contribution in [2.24, 2.45) is 0 Å². The van der Waals surface area contributed by atoms with E-state index in [0.29, 0.717) is 6.42 Å². The Balaban J connectivity index is 2.02. The molecule has 3 nitrogen and oxygen atoms in total. The summed E-state index contributed by atoms with van der Waals surface area (Å²) in [4.78, 5) is 14.8. The maximum atomic E-state index is 13.3. The van der Waals surface area contributed by atoms with Crippen LogP contribution in [0.4, 0.5) is 4.39 Å². The summed E-state index contributed by atoms with van der Waals surface area (Å²) in [6.07, 6.45) is 3.53. The first-order valence-electron chi connectivity index (χ1n) is 7.98. The van der Waals surface area contributed by atoms with E-state index in [1.54, 1.807) is 23.9 Å². The van der Waals surface area contributed by atoms with Crippen molar-refractivity contribution < 1.29 is 14.3 Å². The summed E-state index contributed by atoms with van der Waals surface area (Å²) in [7, 11) is 0. The highest BCUT2D eigenvalue weighted by molar-refractivity contribution is 7.98. The van der Waals surface area contributed by atoms with Crippen LogP contribution in [0.5, 0.6) is 0 Å². The third-order valence-electron chi connectivity index (χ3n) is 4.53. The number of rotatable bonds is 5. The van der Waals surface area contributed by atoms with Gasteiger partial charge in [0.2, 0.25) is 0 Å². The van der Waals surface area contributed by atoms with Gasteiger partial charge >= 0.3 is 5.97 Å². The van der Waals surface area contributed by atoms with Crippen LogP contribution in [0.1, 0.15) is 30.0 Å². The molecule has 0 saturated carbocycles. The molecule has 126 valence electrons. The van der Waals surface area contributed by atoms with Crippen LogP contribution in [-0.4, -0.2) is 34.8 Å². The van der Waals surface area contributed by atoms with Gasteiger partial charge in [0.1, 0.15) is 11.9 Å². The van der Waals surface area contributed by atoms with Crippen molar-refractivity contribution in [2.75, 3.05) is 12.8 Å². The third-order valence-corrected chi connectivity index (χ3v) is 5.27. The van der Waals surface area contributed by atoms with Crippen molar-refractivity contribution in [3.8, 4) is 0 Å². The van der Waals surface area contributed by atoms with Gasteiger partial charge in [-0.15, -0.1) is 11.8 Å². The number of halogens is 1. The summed E-state index contributed by atoms with van der Waals surface area (Å²) in [6.45, 7) is 0.725. The molecule has 0 aliphatic carbocycles. The lowest BCUT2D eigenvalue weighted by atomic mass is 9.96.